The zero-order chi connectivity index (χ0) is 15.8. The summed E-state index contributed by atoms with van der Waals surface area (Å²) in [5.74, 6) is 1.47. The van der Waals surface area contributed by atoms with Crippen LogP contribution in [0.1, 0.15) is 23.8 Å². The standard InChI is InChI=1S/C17H23NO3S.ClH/c1-3-14(11-19)18-10-13-6-7-16(17(9-13)20-2)21-12-15-5-4-8-22-15;/h4-9,14,18-19H,3,10-12H2,1-2H3;1H. The summed E-state index contributed by atoms with van der Waals surface area (Å²) >= 11 is 1.68. The fourth-order valence-electron chi connectivity index (χ4n) is 2.08. The summed E-state index contributed by atoms with van der Waals surface area (Å²) in [6, 6.07) is 10.1. The molecule has 0 amide bonds. The van der Waals surface area contributed by atoms with Gasteiger partial charge in [-0.1, -0.05) is 19.1 Å². The van der Waals surface area contributed by atoms with Gasteiger partial charge in [-0.15, -0.1) is 23.7 Å². The summed E-state index contributed by atoms with van der Waals surface area (Å²) in [5, 5.41) is 14.6. The number of nitrogens with one attached hydrogen (secondary N) is 1. The predicted octanol–water partition coefficient (Wildman–Crippen LogP) is 3.62. The van der Waals surface area contributed by atoms with E-state index in [-0.39, 0.29) is 25.1 Å². The SMILES string of the molecule is CCC(CO)NCc1ccc(OCc2cccs2)c(OC)c1.Cl. The summed E-state index contributed by atoms with van der Waals surface area (Å²) in [7, 11) is 1.65. The van der Waals surface area contributed by atoms with Gasteiger partial charge in [-0.25, -0.2) is 0 Å². The number of halogens is 1. The molecule has 128 valence electrons. The van der Waals surface area contributed by atoms with Gasteiger partial charge in [-0.05, 0) is 35.6 Å². The topological polar surface area (TPSA) is 50.7 Å². The first-order valence-electron chi connectivity index (χ1n) is 7.43. The van der Waals surface area contributed by atoms with Crippen LogP contribution in [-0.4, -0.2) is 24.9 Å². The summed E-state index contributed by atoms with van der Waals surface area (Å²) in [6.45, 7) is 3.44. The molecule has 0 fully saturated rings. The van der Waals surface area contributed by atoms with Gasteiger partial charge in [0.15, 0.2) is 11.5 Å². The maximum absolute atomic E-state index is 9.20. The van der Waals surface area contributed by atoms with Crippen LogP contribution in [0.2, 0.25) is 0 Å². The monoisotopic (exact) mass is 357 g/mol. The van der Waals surface area contributed by atoms with Crippen LogP contribution in [0.5, 0.6) is 11.5 Å². The lowest BCUT2D eigenvalue weighted by Crippen LogP contribution is -2.31. The van der Waals surface area contributed by atoms with Crippen molar-refractivity contribution in [3.8, 4) is 11.5 Å². The number of ether oxygens (including phenoxy) is 2. The highest BCUT2D eigenvalue weighted by molar-refractivity contribution is 7.09. The van der Waals surface area contributed by atoms with Crippen molar-refractivity contribution in [2.75, 3.05) is 13.7 Å². The number of thiophene rings is 1. The number of hydrogen-bond donors (Lipinski definition) is 2. The first-order valence-corrected chi connectivity index (χ1v) is 8.31. The molecule has 0 aliphatic rings. The van der Waals surface area contributed by atoms with Crippen molar-refractivity contribution in [1.82, 2.24) is 5.32 Å². The van der Waals surface area contributed by atoms with Gasteiger partial charge in [-0.2, -0.15) is 0 Å². The molecule has 0 aliphatic carbocycles. The number of methoxy groups -OCH3 is 1. The molecule has 0 saturated carbocycles. The first-order chi connectivity index (χ1) is 10.8. The Kier molecular flexibility index (Phi) is 9.02. The van der Waals surface area contributed by atoms with E-state index >= 15 is 0 Å². The van der Waals surface area contributed by atoms with Crippen molar-refractivity contribution < 1.29 is 14.6 Å². The quantitative estimate of drug-likeness (QED) is 0.719. The van der Waals surface area contributed by atoms with Gasteiger partial charge >= 0.3 is 0 Å². The molecular formula is C17H24ClNO3S. The number of rotatable bonds is 9. The summed E-state index contributed by atoms with van der Waals surface area (Å²) in [5.41, 5.74) is 1.10. The number of aliphatic hydroxyl groups is 1. The lowest BCUT2D eigenvalue weighted by Gasteiger charge is -2.15. The predicted molar refractivity (Wildman–Crippen MR) is 96.9 cm³/mol. The Balaban J connectivity index is 0.00000264. The Morgan fingerprint density at radius 2 is 2.09 bits per heavy atom. The molecule has 2 aromatic rings. The Bertz CT molecular complexity index is 559. The Morgan fingerprint density at radius 3 is 2.70 bits per heavy atom. The van der Waals surface area contributed by atoms with Gasteiger partial charge in [0.25, 0.3) is 0 Å². The average Bonchev–Trinajstić information content (AvgIpc) is 3.07. The maximum Gasteiger partial charge on any atom is 0.161 e. The van der Waals surface area contributed by atoms with E-state index in [2.05, 4.69) is 18.3 Å². The fraction of sp³-hybridized carbons (Fsp3) is 0.412. The molecule has 1 aromatic carbocycles. The molecule has 0 spiro atoms. The van der Waals surface area contributed by atoms with Crippen LogP contribution in [-0.2, 0) is 13.2 Å². The van der Waals surface area contributed by atoms with Crippen LogP contribution in [0.4, 0.5) is 0 Å². The van der Waals surface area contributed by atoms with Crippen molar-refractivity contribution in [2.45, 2.75) is 32.5 Å². The van der Waals surface area contributed by atoms with E-state index in [0.717, 1.165) is 23.5 Å². The van der Waals surface area contributed by atoms with E-state index < -0.39 is 0 Å². The second kappa shape index (κ2) is 10.5. The summed E-state index contributed by atoms with van der Waals surface area (Å²) < 4.78 is 11.2. The Morgan fingerprint density at radius 1 is 1.26 bits per heavy atom. The molecular weight excluding hydrogens is 334 g/mol. The zero-order valence-corrected chi connectivity index (χ0v) is 15.1. The first kappa shape index (κ1) is 19.8. The van der Waals surface area contributed by atoms with Gasteiger partial charge < -0.3 is 19.9 Å². The molecule has 6 heteroatoms. The molecule has 1 aromatic heterocycles. The summed E-state index contributed by atoms with van der Waals surface area (Å²) in [6.07, 6.45) is 0.898. The summed E-state index contributed by atoms with van der Waals surface area (Å²) in [4.78, 5) is 1.18. The molecule has 1 heterocycles. The lowest BCUT2D eigenvalue weighted by atomic mass is 10.1. The van der Waals surface area contributed by atoms with Crippen molar-refractivity contribution in [3.63, 3.8) is 0 Å². The third kappa shape index (κ3) is 6.03. The van der Waals surface area contributed by atoms with Gasteiger partial charge in [0.1, 0.15) is 6.61 Å². The number of aliphatic hydroxyl groups excluding tert-OH is 1. The second-order valence-electron chi connectivity index (χ2n) is 5.02. The van der Waals surface area contributed by atoms with Crippen LogP contribution < -0.4 is 14.8 Å². The highest BCUT2D eigenvalue weighted by Crippen LogP contribution is 2.29. The molecule has 0 bridgehead atoms. The normalized spacial score (nSPS) is 11.6. The van der Waals surface area contributed by atoms with Crippen LogP contribution in [0, 0.1) is 0 Å². The molecule has 2 rings (SSSR count). The van der Waals surface area contributed by atoms with E-state index in [0.29, 0.717) is 13.2 Å². The number of benzene rings is 1. The Labute approximate surface area is 147 Å². The van der Waals surface area contributed by atoms with Crippen LogP contribution >= 0.6 is 23.7 Å². The minimum absolute atomic E-state index is 0. The van der Waals surface area contributed by atoms with Gasteiger partial charge in [0, 0.05) is 17.5 Å². The van der Waals surface area contributed by atoms with Crippen LogP contribution in [0.3, 0.4) is 0 Å². The van der Waals surface area contributed by atoms with Crippen molar-refractivity contribution in [2.24, 2.45) is 0 Å². The molecule has 0 saturated heterocycles. The molecule has 0 radical (unpaired) electrons. The fourth-order valence-corrected chi connectivity index (χ4v) is 2.70. The number of hydrogen-bond acceptors (Lipinski definition) is 5. The van der Waals surface area contributed by atoms with E-state index in [1.165, 1.54) is 4.88 Å². The molecule has 0 aliphatic heterocycles. The van der Waals surface area contributed by atoms with E-state index in [4.69, 9.17) is 9.47 Å². The minimum Gasteiger partial charge on any atom is -0.493 e. The molecule has 1 unspecified atom stereocenters. The minimum atomic E-state index is 0. The average molecular weight is 358 g/mol. The van der Waals surface area contributed by atoms with Crippen molar-refractivity contribution in [1.29, 1.82) is 0 Å². The van der Waals surface area contributed by atoms with Crippen LogP contribution in [0.25, 0.3) is 0 Å². The van der Waals surface area contributed by atoms with E-state index in [1.54, 1.807) is 18.4 Å². The molecule has 4 nitrogen and oxygen atoms in total. The van der Waals surface area contributed by atoms with Gasteiger partial charge in [0.05, 0.1) is 13.7 Å². The van der Waals surface area contributed by atoms with Gasteiger partial charge in [-0.3, -0.25) is 0 Å². The molecule has 2 N–H and O–H groups in total. The largest absolute Gasteiger partial charge is 0.493 e. The molecule has 1 atom stereocenters. The Hall–Kier alpha value is -1.27. The third-order valence-electron chi connectivity index (χ3n) is 3.49. The molecule has 23 heavy (non-hydrogen) atoms. The van der Waals surface area contributed by atoms with E-state index in [9.17, 15) is 5.11 Å². The van der Waals surface area contributed by atoms with E-state index in [1.807, 2.05) is 29.6 Å². The third-order valence-corrected chi connectivity index (χ3v) is 4.34. The van der Waals surface area contributed by atoms with Crippen LogP contribution in [0.15, 0.2) is 35.7 Å². The smallest absolute Gasteiger partial charge is 0.161 e. The zero-order valence-electron chi connectivity index (χ0n) is 13.5. The highest BCUT2D eigenvalue weighted by atomic mass is 35.5. The highest BCUT2D eigenvalue weighted by Gasteiger charge is 2.08. The van der Waals surface area contributed by atoms with Crippen molar-refractivity contribution >= 4 is 23.7 Å². The van der Waals surface area contributed by atoms with Gasteiger partial charge in [0.2, 0.25) is 0 Å². The van der Waals surface area contributed by atoms with Crippen molar-refractivity contribution in [3.05, 3.63) is 46.2 Å². The maximum atomic E-state index is 9.20. The lowest BCUT2D eigenvalue weighted by molar-refractivity contribution is 0.238. The second-order valence-corrected chi connectivity index (χ2v) is 6.05.